The van der Waals surface area contributed by atoms with Gasteiger partial charge in [-0.25, -0.2) is 0 Å². The Morgan fingerprint density at radius 3 is 2.00 bits per heavy atom. The summed E-state index contributed by atoms with van der Waals surface area (Å²) in [4.78, 5) is 13.1. The summed E-state index contributed by atoms with van der Waals surface area (Å²) < 4.78 is 7.35. The molecule has 0 aliphatic carbocycles. The second-order valence-electron chi connectivity index (χ2n) is 9.54. The molecular formula is C30H29N2O2+. The van der Waals surface area contributed by atoms with Gasteiger partial charge in [-0.2, -0.15) is 4.58 Å². The highest BCUT2D eigenvalue weighted by Crippen LogP contribution is 2.42. The van der Waals surface area contributed by atoms with E-state index in [0.717, 1.165) is 11.3 Å². The number of carbonyl (C=O) groups excluding carboxylic acids is 1. The van der Waals surface area contributed by atoms with E-state index in [1.54, 1.807) is 0 Å². The molecule has 4 aromatic rings. The van der Waals surface area contributed by atoms with Gasteiger partial charge in [-0.1, -0.05) is 48.5 Å². The molecule has 0 amide bonds. The summed E-state index contributed by atoms with van der Waals surface area (Å²) in [6, 6.07) is 23.1. The number of nitrogens with zero attached hydrogens (tertiary/aromatic N) is 2. The number of anilines is 1. The molecule has 0 unspecified atom stereocenters. The molecule has 0 N–H and O–H groups in total. The predicted octanol–water partition coefficient (Wildman–Crippen LogP) is 6.31. The highest BCUT2D eigenvalue weighted by molar-refractivity contribution is 6.17. The third-order valence-electron chi connectivity index (χ3n) is 6.99. The molecule has 1 aliphatic heterocycles. The van der Waals surface area contributed by atoms with Gasteiger partial charge in [-0.15, -0.1) is 0 Å². The maximum atomic E-state index is 10.9. The van der Waals surface area contributed by atoms with Crippen LogP contribution in [0.1, 0.15) is 25.0 Å². The maximum Gasteiger partial charge on any atom is 0.298 e. The number of hydrogen-bond acceptors (Lipinski definition) is 3. The van der Waals surface area contributed by atoms with E-state index in [4.69, 9.17) is 4.74 Å². The van der Waals surface area contributed by atoms with E-state index in [-0.39, 0.29) is 5.41 Å². The van der Waals surface area contributed by atoms with Gasteiger partial charge in [0.25, 0.3) is 6.47 Å². The minimum absolute atomic E-state index is 0.238. The van der Waals surface area contributed by atoms with E-state index >= 15 is 0 Å². The lowest BCUT2D eigenvalue weighted by atomic mass is 9.81. The van der Waals surface area contributed by atoms with Crippen LogP contribution in [0.25, 0.3) is 27.6 Å². The molecule has 0 spiro atoms. The third kappa shape index (κ3) is 3.29. The van der Waals surface area contributed by atoms with Crippen LogP contribution in [0.15, 0.2) is 72.8 Å². The molecule has 4 heteroatoms. The molecule has 0 bridgehead atoms. The molecule has 5 rings (SSSR count). The summed E-state index contributed by atoms with van der Waals surface area (Å²) in [5, 5.41) is 4.96. The fourth-order valence-corrected chi connectivity index (χ4v) is 5.41. The van der Waals surface area contributed by atoms with Crippen LogP contribution in [0.3, 0.4) is 0 Å². The second kappa shape index (κ2) is 8.14. The Morgan fingerprint density at radius 1 is 0.853 bits per heavy atom. The van der Waals surface area contributed by atoms with Gasteiger partial charge >= 0.3 is 0 Å². The maximum absolute atomic E-state index is 10.9. The van der Waals surface area contributed by atoms with Crippen molar-refractivity contribution in [1.29, 1.82) is 0 Å². The molecule has 0 fully saturated rings. The van der Waals surface area contributed by atoms with Crippen molar-refractivity contribution in [3.8, 4) is 5.75 Å². The molecule has 1 aliphatic rings. The van der Waals surface area contributed by atoms with E-state index in [0.29, 0.717) is 12.2 Å². The highest BCUT2D eigenvalue weighted by Gasteiger charge is 2.43. The van der Waals surface area contributed by atoms with Gasteiger partial charge in [0.15, 0.2) is 5.71 Å². The Morgan fingerprint density at radius 2 is 1.44 bits per heavy atom. The standard InChI is InChI=1S/C30H29N2O2/c1-30(2)26-18-20(34-19-33)14-16-27(26)32(5)28(30)17-15-23-21-10-6-8-12-24(21)29(31(3)4)25-13-9-7-11-22(23)25/h6-19H,1-5H3/q+1. The number of allylic oxidation sites excluding steroid dienone is 1. The van der Waals surface area contributed by atoms with E-state index in [1.165, 1.54) is 38.5 Å². The van der Waals surface area contributed by atoms with Gasteiger partial charge in [0.05, 0.1) is 11.1 Å². The van der Waals surface area contributed by atoms with Crippen LogP contribution >= 0.6 is 0 Å². The monoisotopic (exact) mass is 449 g/mol. The lowest BCUT2D eigenvalue weighted by Crippen LogP contribution is -2.26. The van der Waals surface area contributed by atoms with Crippen LogP contribution in [0.2, 0.25) is 0 Å². The molecule has 0 saturated carbocycles. The average molecular weight is 450 g/mol. The van der Waals surface area contributed by atoms with Crippen molar-refractivity contribution in [3.05, 3.63) is 83.9 Å². The van der Waals surface area contributed by atoms with Crippen LogP contribution in [0.4, 0.5) is 11.4 Å². The number of carbonyl (C=O) groups is 1. The van der Waals surface area contributed by atoms with Gasteiger partial charge in [-0.05, 0) is 48.4 Å². The molecule has 0 atom stereocenters. The van der Waals surface area contributed by atoms with Crippen molar-refractivity contribution in [2.45, 2.75) is 19.3 Å². The van der Waals surface area contributed by atoms with Gasteiger partial charge in [0.2, 0.25) is 5.69 Å². The Kier molecular flexibility index (Phi) is 5.24. The lowest BCUT2D eigenvalue weighted by Gasteiger charge is -2.21. The fraction of sp³-hybridized carbons (Fsp3) is 0.200. The van der Waals surface area contributed by atoms with E-state index in [1.807, 2.05) is 18.2 Å². The largest absolute Gasteiger partial charge is 0.429 e. The van der Waals surface area contributed by atoms with Gasteiger partial charge < -0.3 is 9.64 Å². The first kappa shape index (κ1) is 21.9. The molecule has 1 heterocycles. The zero-order valence-corrected chi connectivity index (χ0v) is 20.3. The first-order valence-electron chi connectivity index (χ1n) is 11.5. The van der Waals surface area contributed by atoms with Crippen LogP contribution in [0, 0.1) is 0 Å². The minimum atomic E-state index is -0.238. The molecular weight excluding hydrogens is 420 g/mol. The van der Waals surface area contributed by atoms with Crippen molar-refractivity contribution in [2.24, 2.45) is 0 Å². The normalized spacial score (nSPS) is 14.7. The summed E-state index contributed by atoms with van der Waals surface area (Å²) in [5.41, 5.74) is 5.68. The Balaban J connectivity index is 1.70. The zero-order valence-electron chi connectivity index (χ0n) is 20.3. The Hall–Kier alpha value is -3.92. The number of rotatable bonds is 5. The van der Waals surface area contributed by atoms with E-state index < -0.39 is 0 Å². The first-order chi connectivity index (χ1) is 16.3. The van der Waals surface area contributed by atoms with Crippen molar-refractivity contribution < 1.29 is 14.1 Å². The Labute approximate surface area is 200 Å². The molecule has 4 aromatic carbocycles. The summed E-state index contributed by atoms with van der Waals surface area (Å²) in [6.07, 6.45) is 4.50. The van der Waals surface area contributed by atoms with Crippen molar-refractivity contribution in [1.82, 2.24) is 0 Å². The molecule has 0 aromatic heterocycles. The zero-order chi connectivity index (χ0) is 24.0. The van der Waals surface area contributed by atoms with Crippen LogP contribution in [-0.2, 0) is 10.2 Å². The van der Waals surface area contributed by atoms with Gasteiger partial charge in [0.1, 0.15) is 12.8 Å². The number of fused-ring (bicyclic) bond motifs is 3. The smallest absolute Gasteiger partial charge is 0.298 e. The summed E-state index contributed by atoms with van der Waals surface area (Å²) in [7, 11) is 6.31. The average Bonchev–Trinajstić information content (AvgIpc) is 3.01. The van der Waals surface area contributed by atoms with Crippen molar-refractivity contribution in [2.75, 3.05) is 26.0 Å². The van der Waals surface area contributed by atoms with Crippen molar-refractivity contribution >= 4 is 51.2 Å². The number of hydrogen-bond donors (Lipinski definition) is 0. The third-order valence-corrected chi connectivity index (χ3v) is 6.99. The fourth-order valence-electron chi connectivity index (χ4n) is 5.41. The molecule has 0 saturated heterocycles. The molecule has 170 valence electrons. The van der Waals surface area contributed by atoms with E-state index in [2.05, 4.69) is 105 Å². The van der Waals surface area contributed by atoms with Gasteiger partial charge in [0, 0.05) is 42.6 Å². The lowest BCUT2D eigenvalue weighted by molar-refractivity contribution is -0.401. The van der Waals surface area contributed by atoms with E-state index in [9.17, 15) is 4.79 Å². The molecule has 4 nitrogen and oxygen atoms in total. The van der Waals surface area contributed by atoms with Crippen LogP contribution in [-0.4, -0.2) is 37.9 Å². The second-order valence-corrected chi connectivity index (χ2v) is 9.54. The number of ether oxygens (including phenoxy) is 1. The molecule has 34 heavy (non-hydrogen) atoms. The van der Waals surface area contributed by atoms with Crippen LogP contribution < -0.4 is 9.64 Å². The molecule has 0 radical (unpaired) electrons. The SMILES string of the molecule is CN(C)c1c2ccccc2c(/C=C/C2=[N+](C)c3ccc(OC=O)cc3C2(C)C)c2ccccc12. The summed E-state index contributed by atoms with van der Waals surface area (Å²) in [5.74, 6) is 0.566. The predicted molar refractivity (Wildman–Crippen MR) is 142 cm³/mol. The Bertz CT molecular complexity index is 1450. The summed E-state index contributed by atoms with van der Waals surface area (Å²) in [6.45, 7) is 4.90. The summed E-state index contributed by atoms with van der Waals surface area (Å²) >= 11 is 0. The topological polar surface area (TPSA) is 32.5 Å². The first-order valence-corrected chi connectivity index (χ1v) is 11.5. The minimum Gasteiger partial charge on any atom is -0.429 e. The highest BCUT2D eigenvalue weighted by atomic mass is 16.5. The van der Waals surface area contributed by atoms with Gasteiger partial charge in [-0.3, -0.25) is 4.79 Å². The quantitative estimate of drug-likeness (QED) is 0.203. The van der Waals surface area contributed by atoms with Crippen molar-refractivity contribution in [3.63, 3.8) is 0 Å². The number of benzene rings is 4. The van der Waals surface area contributed by atoms with Crippen LogP contribution in [0.5, 0.6) is 5.75 Å².